The van der Waals surface area contributed by atoms with Crippen LogP contribution in [0.3, 0.4) is 0 Å². The predicted molar refractivity (Wildman–Crippen MR) is 83.1 cm³/mol. The van der Waals surface area contributed by atoms with Crippen LogP contribution >= 0.6 is 0 Å². The lowest BCUT2D eigenvalue weighted by Crippen LogP contribution is -2.20. The molecule has 19 heavy (non-hydrogen) atoms. The van der Waals surface area contributed by atoms with Gasteiger partial charge >= 0.3 is 0 Å². The maximum absolute atomic E-state index is 11.2. The summed E-state index contributed by atoms with van der Waals surface area (Å²) in [6.45, 7) is 8.66. The van der Waals surface area contributed by atoms with Crippen LogP contribution in [0.2, 0.25) is 0 Å². The summed E-state index contributed by atoms with van der Waals surface area (Å²) in [7, 11) is 0. The molecule has 1 aliphatic carbocycles. The van der Waals surface area contributed by atoms with E-state index in [2.05, 4.69) is 45.9 Å². The van der Waals surface area contributed by atoms with E-state index in [0.29, 0.717) is 5.92 Å². The number of hydrogen-bond donors (Lipinski definition) is 0. The fraction of sp³-hybridized carbons (Fsp3) is 0.611. The minimum Gasteiger partial charge on any atom is -0.303 e. The van der Waals surface area contributed by atoms with Crippen molar-refractivity contribution < 1.29 is 4.79 Å². The lowest BCUT2D eigenvalue weighted by atomic mass is 9.77. The second-order valence-corrected chi connectivity index (χ2v) is 6.04. The molecular formula is C18H28O. The molecule has 1 rings (SSSR count). The molecule has 0 heterocycles. The average Bonchev–Trinajstić information content (AvgIpc) is 2.36. The van der Waals surface area contributed by atoms with E-state index >= 15 is 0 Å². The van der Waals surface area contributed by atoms with Gasteiger partial charge in [0.05, 0.1) is 0 Å². The molecule has 1 heteroatoms. The van der Waals surface area contributed by atoms with Gasteiger partial charge in [0.15, 0.2) is 0 Å². The molecular weight excluding hydrogens is 232 g/mol. The Kier molecular flexibility index (Phi) is 6.83. The average molecular weight is 260 g/mol. The van der Waals surface area contributed by atoms with Crippen molar-refractivity contribution in [3.05, 3.63) is 34.9 Å². The Morgan fingerprint density at radius 3 is 2.68 bits per heavy atom. The Bertz CT molecular complexity index is 380. The Morgan fingerprint density at radius 2 is 2.05 bits per heavy atom. The highest BCUT2D eigenvalue weighted by Crippen LogP contribution is 2.32. The van der Waals surface area contributed by atoms with Crippen molar-refractivity contribution in [3.63, 3.8) is 0 Å². The minimum absolute atomic E-state index is 0.229. The maximum atomic E-state index is 11.2. The first-order valence-corrected chi connectivity index (χ1v) is 7.45. The zero-order valence-corrected chi connectivity index (χ0v) is 12.9. The lowest BCUT2D eigenvalue weighted by molar-refractivity contribution is -0.112. The van der Waals surface area contributed by atoms with Gasteiger partial charge in [-0.15, -0.1) is 0 Å². The molecule has 0 spiro atoms. The second kappa shape index (κ2) is 8.14. The van der Waals surface area contributed by atoms with Gasteiger partial charge in [-0.2, -0.15) is 0 Å². The van der Waals surface area contributed by atoms with Gasteiger partial charge in [0, 0.05) is 5.92 Å². The van der Waals surface area contributed by atoms with Gasteiger partial charge in [-0.25, -0.2) is 0 Å². The highest BCUT2D eigenvalue weighted by Gasteiger charge is 2.24. The number of carbonyl (C=O) groups is 1. The van der Waals surface area contributed by atoms with Crippen molar-refractivity contribution in [1.82, 2.24) is 0 Å². The standard InChI is InChI=1S/C18H28O/c1-14(2)7-5-8-15(3)11-12-18-16(4)9-6-10-17(18)13-19/h7,9,11,13,17-18H,5-6,8,10,12H2,1-4H3. The molecule has 0 aliphatic heterocycles. The Balaban J connectivity index is 2.52. The molecule has 0 bridgehead atoms. The normalized spacial score (nSPS) is 23.8. The molecule has 0 N–H and O–H groups in total. The number of hydrogen-bond acceptors (Lipinski definition) is 1. The summed E-state index contributed by atoms with van der Waals surface area (Å²) in [5, 5.41) is 0. The first-order chi connectivity index (χ1) is 9.04. The molecule has 0 amide bonds. The molecule has 0 aromatic carbocycles. The van der Waals surface area contributed by atoms with Crippen LogP contribution in [0.15, 0.2) is 34.9 Å². The molecule has 0 aromatic heterocycles. The van der Waals surface area contributed by atoms with Gasteiger partial charge in [-0.05, 0) is 65.7 Å². The predicted octanol–water partition coefficient (Wildman–Crippen LogP) is 5.24. The summed E-state index contributed by atoms with van der Waals surface area (Å²) in [6.07, 6.45) is 13.5. The third-order valence-corrected chi connectivity index (χ3v) is 4.05. The topological polar surface area (TPSA) is 17.1 Å². The van der Waals surface area contributed by atoms with Gasteiger partial charge in [0.1, 0.15) is 6.29 Å². The van der Waals surface area contributed by atoms with Crippen molar-refractivity contribution in [2.75, 3.05) is 0 Å². The fourth-order valence-corrected chi connectivity index (χ4v) is 2.74. The lowest BCUT2D eigenvalue weighted by Gasteiger charge is -2.26. The summed E-state index contributed by atoms with van der Waals surface area (Å²) in [6, 6.07) is 0. The summed E-state index contributed by atoms with van der Waals surface area (Å²) < 4.78 is 0. The molecule has 2 unspecified atom stereocenters. The van der Waals surface area contributed by atoms with Crippen LogP contribution in [0.1, 0.15) is 59.8 Å². The molecule has 0 saturated heterocycles. The van der Waals surface area contributed by atoms with Crippen molar-refractivity contribution in [2.24, 2.45) is 11.8 Å². The summed E-state index contributed by atoms with van der Waals surface area (Å²) >= 11 is 0. The molecule has 106 valence electrons. The fourth-order valence-electron chi connectivity index (χ4n) is 2.74. The highest BCUT2D eigenvalue weighted by atomic mass is 16.1. The second-order valence-electron chi connectivity index (χ2n) is 6.04. The SMILES string of the molecule is CC(C)=CCCC(C)=CCC1C(C)=CCCC1C=O. The van der Waals surface area contributed by atoms with E-state index < -0.39 is 0 Å². The minimum atomic E-state index is 0.229. The van der Waals surface area contributed by atoms with Crippen molar-refractivity contribution in [3.8, 4) is 0 Å². The number of aldehydes is 1. The van der Waals surface area contributed by atoms with Gasteiger partial charge in [0.2, 0.25) is 0 Å². The molecule has 0 fully saturated rings. The first-order valence-electron chi connectivity index (χ1n) is 7.45. The monoisotopic (exact) mass is 260 g/mol. The van der Waals surface area contributed by atoms with E-state index in [4.69, 9.17) is 0 Å². The van der Waals surface area contributed by atoms with Crippen LogP contribution in [0.5, 0.6) is 0 Å². The van der Waals surface area contributed by atoms with Crippen LogP contribution in [-0.2, 0) is 4.79 Å². The molecule has 1 aliphatic rings. The third kappa shape index (κ3) is 5.59. The highest BCUT2D eigenvalue weighted by molar-refractivity contribution is 5.55. The van der Waals surface area contributed by atoms with Crippen molar-refractivity contribution in [2.45, 2.75) is 59.8 Å². The smallest absolute Gasteiger partial charge is 0.123 e. The Morgan fingerprint density at radius 1 is 1.32 bits per heavy atom. The van der Waals surface area contributed by atoms with Crippen molar-refractivity contribution >= 4 is 6.29 Å². The third-order valence-electron chi connectivity index (χ3n) is 4.05. The molecule has 1 nitrogen and oxygen atoms in total. The quantitative estimate of drug-likeness (QED) is 0.471. The molecule has 0 radical (unpaired) electrons. The van der Waals surface area contributed by atoms with E-state index in [-0.39, 0.29) is 5.92 Å². The number of allylic oxidation sites excluding steroid dienone is 6. The van der Waals surface area contributed by atoms with E-state index in [1.807, 2.05) is 0 Å². The number of carbonyl (C=O) groups excluding carboxylic acids is 1. The Labute approximate surface area is 118 Å². The van der Waals surface area contributed by atoms with Crippen molar-refractivity contribution in [1.29, 1.82) is 0 Å². The Hall–Kier alpha value is -1.11. The summed E-state index contributed by atoms with van der Waals surface area (Å²) in [5.74, 6) is 0.663. The van der Waals surface area contributed by atoms with E-state index in [9.17, 15) is 4.79 Å². The molecule has 2 atom stereocenters. The van der Waals surface area contributed by atoms with Crippen LogP contribution < -0.4 is 0 Å². The van der Waals surface area contributed by atoms with E-state index in [1.54, 1.807) is 0 Å². The first kappa shape index (κ1) is 15.9. The van der Waals surface area contributed by atoms with Gasteiger partial charge < -0.3 is 4.79 Å². The van der Waals surface area contributed by atoms with Crippen LogP contribution in [-0.4, -0.2) is 6.29 Å². The number of rotatable bonds is 6. The van der Waals surface area contributed by atoms with E-state index in [0.717, 1.165) is 38.4 Å². The van der Waals surface area contributed by atoms with Crippen LogP contribution in [0, 0.1) is 11.8 Å². The zero-order chi connectivity index (χ0) is 14.3. The van der Waals surface area contributed by atoms with E-state index in [1.165, 1.54) is 16.7 Å². The van der Waals surface area contributed by atoms with Gasteiger partial charge in [-0.3, -0.25) is 0 Å². The summed E-state index contributed by atoms with van der Waals surface area (Å²) in [4.78, 5) is 11.2. The van der Waals surface area contributed by atoms with Gasteiger partial charge in [0.25, 0.3) is 0 Å². The largest absolute Gasteiger partial charge is 0.303 e. The van der Waals surface area contributed by atoms with Gasteiger partial charge in [-0.1, -0.05) is 34.9 Å². The zero-order valence-electron chi connectivity index (χ0n) is 12.9. The van der Waals surface area contributed by atoms with Crippen LogP contribution in [0.4, 0.5) is 0 Å². The van der Waals surface area contributed by atoms with Crippen LogP contribution in [0.25, 0.3) is 0 Å². The maximum Gasteiger partial charge on any atom is 0.123 e. The molecule has 0 aromatic rings. The molecule has 0 saturated carbocycles. The summed E-state index contributed by atoms with van der Waals surface area (Å²) in [5.41, 5.74) is 4.23.